The van der Waals surface area contributed by atoms with Crippen LogP contribution in [0.3, 0.4) is 0 Å². The van der Waals surface area contributed by atoms with Crippen LogP contribution in [-0.2, 0) is 9.53 Å². The summed E-state index contributed by atoms with van der Waals surface area (Å²) in [6.45, 7) is 2.27. The molecule has 0 saturated carbocycles. The molecule has 2 atom stereocenters. The molecule has 0 aromatic heterocycles. The fourth-order valence-corrected chi connectivity index (χ4v) is 3.89. The zero-order chi connectivity index (χ0) is 14.6. The predicted molar refractivity (Wildman–Crippen MR) is 88.3 cm³/mol. The minimum absolute atomic E-state index is 0.0562. The molecule has 1 heterocycles. The van der Waals surface area contributed by atoms with Gasteiger partial charge in [-0.3, -0.25) is 4.79 Å². The Morgan fingerprint density at radius 2 is 1.45 bits per heavy atom. The Hall–Kier alpha value is -0.180. The molecule has 0 radical (unpaired) electrons. The van der Waals surface area contributed by atoms with Crippen molar-refractivity contribution in [2.45, 2.75) is 94.5 Å². The lowest BCUT2D eigenvalue weighted by molar-refractivity contribution is -0.140. The topological polar surface area (TPSA) is 26.3 Å². The number of ether oxygens (including phenoxy) is 1. The Morgan fingerprint density at radius 1 is 0.900 bits per heavy atom. The van der Waals surface area contributed by atoms with Crippen molar-refractivity contribution in [3.8, 4) is 0 Å². The molecule has 0 bridgehead atoms. The number of thioether (sulfide) groups is 1. The third-order valence-electron chi connectivity index (χ3n) is 4.14. The molecule has 2 unspecified atom stereocenters. The maximum absolute atomic E-state index is 11.0. The van der Waals surface area contributed by atoms with E-state index in [-0.39, 0.29) is 5.97 Å². The molecular weight excluding hydrogens is 268 g/mol. The molecule has 1 saturated heterocycles. The molecule has 0 N–H and O–H groups in total. The third kappa shape index (κ3) is 8.89. The van der Waals surface area contributed by atoms with E-state index < -0.39 is 0 Å². The Kier molecular flexibility index (Phi) is 10.3. The van der Waals surface area contributed by atoms with Gasteiger partial charge in [-0.05, 0) is 12.8 Å². The fraction of sp³-hybridized carbons (Fsp3) is 0.941. The van der Waals surface area contributed by atoms with Crippen molar-refractivity contribution in [3.63, 3.8) is 0 Å². The van der Waals surface area contributed by atoms with Crippen LogP contribution < -0.4 is 0 Å². The van der Waals surface area contributed by atoms with Gasteiger partial charge in [0.15, 0.2) is 0 Å². The van der Waals surface area contributed by atoms with Crippen LogP contribution >= 0.6 is 11.8 Å². The summed E-state index contributed by atoms with van der Waals surface area (Å²) in [7, 11) is 1.47. The molecule has 2 nitrogen and oxygen atoms in total. The Morgan fingerprint density at radius 3 is 2.05 bits per heavy atom. The van der Waals surface area contributed by atoms with Crippen LogP contribution in [0.5, 0.6) is 0 Å². The Labute approximate surface area is 129 Å². The van der Waals surface area contributed by atoms with Crippen LogP contribution in [0.2, 0.25) is 0 Å². The highest BCUT2D eigenvalue weighted by Crippen LogP contribution is 2.47. The van der Waals surface area contributed by atoms with Gasteiger partial charge in [0.05, 0.1) is 7.11 Å². The molecule has 0 amide bonds. The first-order valence-corrected chi connectivity index (χ1v) is 9.44. The van der Waals surface area contributed by atoms with Crippen molar-refractivity contribution in [1.29, 1.82) is 0 Å². The molecule has 3 heteroatoms. The van der Waals surface area contributed by atoms with Gasteiger partial charge in [-0.1, -0.05) is 64.7 Å². The van der Waals surface area contributed by atoms with Gasteiger partial charge in [-0.25, -0.2) is 0 Å². The van der Waals surface area contributed by atoms with E-state index in [1.54, 1.807) is 0 Å². The van der Waals surface area contributed by atoms with Crippen LogP contribution in [0.1, 0.15) is 84.0 Å². The second-order valence-electron chi connectivity index (χ2n) is 5.94. The summed E-state index contributed by atoms with van der Waals surface area (Å²) >= 11 is 2.06. The van der Waals surface area contributed by atoms with E-state index in [0.717, 1.165) is 16.9 Å². The van der Waals surface area contributed by atoms with E-state index in [2.05, 4.69) is 23.4 Å². The van der Waals surface area contributed by atoms with E-state index in [9.17, 15) is 4.79 Å². The average Bonchev–Trinajstić information content (AvgIpc) is 3.21. The molecule has 0 spiro atoms. The number of unbranched alkanes of at least 4 members (excludes halogenated alkanes) is 8. The first kappa shape index (κ1) is 17.9. The van der Waals surface area contributed by atoms with Crippen molar-refractivity contribution < 1.29 is 9.53 Å². The van der Waals surface area contributed by atoms with Gasteiger partial charge in [0, 0.05) is 16.9 Å². The maximum Gasteiger partial charge on any atom is 0.305 e. The van der Waals surface area contributed by atoms with Crippen molar-refractivity contribution in [1.82, 2.24) is 0 Å². The molecule has 1 aliphatic heterocycles. The lowest BCUT2D eigenvalue weighted by atomic mass is 10.0. The molecule has 1 rings (SSSR count). The zero-order valence-corrected chi connectivity index (χ0v) is 14.2. The molecular formula is C17H32O2S. The van der Waals surface area contributed by atoms with Crippen molar-refractivity contribution in [2.75, 3.05) is 7.11 Å². The lowest BCUT2D eigenvalue weighted by Gasteiger charge is -2.02. The van der Waals surface area contributed by atoms with E-state index >= 15 is 0 Å². The van der Waals surface area contributed by atoms with Crippen LogP contribution in [0.4, 0.5) is 0 Å². The summed E-state index contributed by atoms with van der Waals surface area (Å²) in [5, 5.41) is 1.58. The number of carbonyl (C=O) groups excluding carboxylic acids is 1. The second kappa shape index (κ2) is 11.5. The normalized spacial score (nSPS) is 20.9. The van der Waals surface area contributed by atoms with Gasteiger partial charge in [-0.2, -0.15) is 11.8 Å². The van der Waals surface area contributed by atoms with Crippen molar-refractivity contribution in [3.05, 3.63) is 0 Å². The Bertz CT molecular complexity index is 255. The summed E-state index contributed by atoms with van der Waals surface area (Å²) in [5.41, 5.74) is 0. The summed E-state index contributed by atoms with van der Waals surface area (Å²) in [4.78, 5) is 11.0. The van der Waals surface area contributed by atoms with E-state index in [1.807, 2.05) is 0 Å². The molecule has 1 fully saturated rings. The summed E-state index contributed by atoms with van der Waals surface area (Å²) in [5.74, 6) is -0.0562. The number of hydrogen-bond donors (Lipinski definition) is 0. The summed E-state index contributed by atoms with van der Waals surface area (Å²) < 4.78 is 4.68. The minimum Gasteiger partial charge on any atom is -0.469 e. The minimum atomic E-state index is -0.0562. The summed E-state index contributed by atoms with van der Waals surface area (Å²) in [6.07, 6.45) is 15.6. The lowest BCUT2D eigenvalue weighted by Crippen LogP contribution is -2.03. The highest BCUT2D eigenvalue weighted by Gasteiger charge is 2.37. The molecule has 20 heavy (non-hydrogen) atoms. The number of esters is 1. The highest BCUT2D eigenvalue weighted by molar-refractivity contribution is 8.07. The number of methoxy groups -OCH3 is 1. The van der Waals surface area contributed by atoms with Gasteiger partial charge < -0.3 is 4.74 Å². The van der Waals surface area contributed by atoms with E-state index in [0.29, 0.717) is 6.42 Å². The first-order chi connectivity index (χ1) is 9.77. The second-order valence-corrected chi connectivity index (χ2v) is 7.43. The fourth-order valence-electron chi connectivity index (χ4n) is 2.71. The largest absolute Gasteiger partial charge is 0.469 e. The van der Waals surface area contributed by atoms with E-state index in [1.165, 1.54) is 71.3 Å². The zero-order valence-electron chi connectivity index (χ0n) is 13.4. The molecule has 0 aromatic carbocycles. The van der Waals surface area contributed by atoms with Crippen molar-refractivity contribution in [2.24, 2.45) is 0 Å². The SMILES string of the molecule is CCCCCCCCCCCC1SC1CCC(=O)OC. The van der Waals surface area contributed by atoms with Gasteiger partial charge in [0.2, 0.25) is 0 Å². The monoisotopic (exact) mass is 300 g/mol. The molecule has 118 valence electrons. The number of rotatable bonds is 13. The average molecular weight is 301 g/mol. The quantitative estimate of drug-likeness (QED) is 0.261. The third-order valence-corrected chi connectivity index (χ3v) is 5.65. The van der Waals surface area contributed by atoms with Crippen LogP contribution in [-0.4, -0.2) is 23.6 Å². The maximum atomic E-state index is 11.0. The van der Waals surface area contributed by atoms with Gasteiger partial charge >= 0.3 is 5.97 Å². The first-order valence-electron chi connectivity index (χ1n) is 8.50. The number of hydrogen-bond acceptors (Lipinski definition) is 3. The van der Waals surface area contributed by atoms with Gasteiger partial charge in [0.25, 0.3) is 0 Å². The van der Waals surface area contributed by atoms with E-state index in [4.69, 9.17) is 0 Å². The van der Waals surface area contributed by atoms with Gasteiger partial charge in [0.1, 0.15) is 0 Å². The molecule has 0 aromatic rings. The number of carbonyl (C=O) groups is 1. The van der Waals surface area contributed by atoms with Crippen LogP contribution in [0, 0.1) is 0 Å². The molecule has 0 aliphatic carbocycles. The van der Waals surface area contributed by atoms with Crippen LogP contribution in [0.15, 0.2) is 0 Å². The highest BCUT2D eigenvalue weighted by atomic mass is 32.2. The smallest absolute Gasteiger partial charge is 0.305 e. The van der Waals surface area contributed by atoms with Crippen LogP contribution in [0.25, 0.3) is 0 Å². The predicted octanol–water partition coefficient (Wildman–Crippen LogP) is 5.34. The van der Waals surface area contributed by atoms with Crippen molar-refractivity contribution >= 4 is 17.7 Å². The standard InChI is InChI=1S/C17H32O2S/c1-3-4-5-6-7-8-9-10-11-12-15-16(20-15)13-14-17(18)19-2/h15-16H,3-14H2,1-2H3. The summed E-state index contributed by atoms with van der Waals surface area (Å²) in [6, 6.07) is 0. The molecule has 1 aliphatic rings. The van der Waals surface area contributed by atoms with Gasteiger partial charge in [-0.15, -0.1) is 0 Å². The Balaban J connectivity index is 1.78.